The summed E-state index contributed by atoms with van der Waals surface area (Å²) < 4.78 is 2.67. The van der Waals surface area contributed by atoms with Crippen LogP contribution in [-0.2, 0) is 13.0 Å². The second-order valence-electron chi connectivity index (χ2n) is 9.48. The Morgan fingerprint density at radius 2 is 1.72 bits per heavy atom. The lowest BCUT2D eigenvalue weighted by Crippen LogP contribution is -2.35. The van der Waals surface area contributed by atoms with E-state index >= 15 is 0 Å². The minimum absolute atomic E-state index is 0.177. The van der Waals surface area contributed by atoms with E-state index < -0.39 is 11.7 Å². The maximum absolute atomic E-state index is 13.5. The van der Waals surface area contributed by atoms with Crippen molar-refractivity contribution in [2.45, 2.75) is 64.8 Å². The van der Waals surface area contributed by atoms with Crippen LogP contribution in [0.2, 0.25) is 0 Å². The molecule has 7 heteroatoms. The number of carboxylic acids is 1. The summed E-state index contributed by atoms with van der Waals surface area (Å²) >= 11 is 0. The summed E-state index contributed by atoms with van der Waals surface area (Å²) in [5.41, 5.74) is 2.73. The number of imidazole rings is 1. The summed E-state index contributed by atoms with van der Waals surface area (Å²) in [5.74, 6) is -1.48. The van der Waals surface area contributed by atoms with Gasteiger partial charge in [-0.05, 0) is 48.4 Å². The molecule has 4 rings (SSSR count). The summed E-state index contributed by atoms with van der Waals surface area (Å²) in [6, 6.07) is 14.2. The molecule has 1 heterocycles. The van der Waals surface area contributed by atoms with Gasteiger partial charge in [0.15, 0.2) is 6.29 Å². The van der Waals surface area contributed by atoms with Crippen LogP contribution in [0.4, 0.5) is 0 Å². The van der Waals surface area contributed by atoms with Crippen LogP contribution in [0.5, 0.6) is 0 Å². The molecular formula is C29H32N2O5. The van der Waals surface area contributed by atoms with E-state index in [0.29, 0.717) is 24.0 Å². The molecule has 1 aromatic heterocycles. The molecule has 188 valence electrons. The van der Waals surface area contributed by atoms with E-state index in [1.165, 1.54) is 0 Å². The Balaban J connectivity index is 1.70. The number of hydrogen-bond acceptors (Lipinski definition) is 4. The Bertz CT molecular complexity index is 1310. The van der Waals surface area contributed by atoms with Crippen molar-refractivity contribution in [2.24, 2.45) is 5.92 Å². The van der Waals surface area contributed by atoms with Crippen LogP contribution in [0.3, 0.4) is 0 Å². The van der Waals surface area contributed by atoms with Gasteiger partial charge in [0.25, 0.3) is 0 Å². The second-order valence-corrected chi connectivity index (χ2v) is 9.48. The van der Waals surface area contributed by atoms with Crippen LogP contribution >= 0.6 is 0 Å². The highest BCUT2D eigenvalue weighted by Crippen LogP contribution is 2.27. The molecule has 36 heavy (non-hydrogen) atoms. The first-order valence-corrected chi connectivity index (χ1v) is 12.7. The van der Waals surface area contributed by atoms with Crippen LogP contribution in [0.1, 0.15) is 88.8 Å². The van der Waals surface area contributed by atoms with Gasteiger partial charge in [-0.25, -0.2) is 14.2 Å². The monoisotopic (exact) mass is 488 g/mol. The number of unbranched alkanes of at least 4 members (excludes halogenated alkanes) is 1. The third-order valence-corrected chi connectivity index (χ3v) is 7.10. The molecule has 3 aromatic rings. The average Bonchev–Trinajstić information content (AvgIpc) is 3.17. The molecule has 0 radical (unpaired) electrons. The molecule has 1 saturated carbocycles. The molecule has 7 nitrogen and oxygen atoms in total. The Morgan fingerprint density at radius 3 is 2.36 bits per heavy atom. The van der Waals surface area contributed by atoms with Crippen molar-refractivity contribution >= 4 is 18.2 Å². The molecule has 2 aromatic carbocycles. The lowest BCUT2D eigenvalue weighted by atomic mass is 9.88. The van der Waals surface area contributed by atoms with E-state index in [2.05, 4.69) is 0 Å². The van der Waals surface area contributed by atoms with Crippen LogP contribution in [0, 0.1) is 5.92 Å². The molecular weight excluding hydrogens is 456 g/mol. The fourth-order valence-corrected chi connectivity index (χ4v) is 5.14. The number of rotatable bonds is 9. The van der Waals surface area contributed by atoms with E-state index in [1.54, 1.807) is 28.8 Å². The zero-order valence-electron chi connectivity index (χ0n) is 20.6. The molecule has 0 aliphatic heterocycles. The van der Waals surface area contributed by atoms with Gasteiger partial charge in [0, 0.05) is 5.92 Å². The molecule has 0 bridgehead atoms. The first kappa shape index (κ1) is 25.4. The highest BCUT2D eigenvalue weighted by Gasteiger charge is 2.29. The van der Waals surface area contributed by atoms with Crippen molar-refractivity contribution in [3.63, 3.8) is 0 Å². The molecule has 0 spiro atoms. The Hall–Kier alpha value is -3.74. The summed E-state index contributed by atoms with van der Waals surface area (Å²) in [6.07, 6.45) is 7.39. The molecule has 1 N–H and O–H groups in total. The Kier molecular flexibility index (Phi) is 7.98. The van der Waals surface area contributed by atoms with Gasteiger partial charge in [-0.15, -0.1) is 0 Å². The third-order valence-electron chi connectivity index (χ3n) is 7.10. The smallest absolute Gasteiger partial charge is 0.336 e. The van der Waals surface area contributed by atoms with Crippen LogP contribution < -0.4 is 5.69 Å². The number of benzene rings is 2. The van der Waals surface area contributed by atoms with E-state index in [-0.39, 0.29) is 29.6 Å². The van der Waals surface area contributed by atoms with Crippen molar-refractivity contribution in [3.8, 4) is 11.1 Å². The predicted octanol–water partition coefficient (Wildman–Crippen LogP) is 5.44. The summed E-state index contributed by atoms with van der Waals surface area (Å²) in [7, 11) is 0. The minimum atomic E-state index is -0.993. The molecule has 0 unspecified atom stereocenters. The number of nitrogens with zero attached hydrogens (tertiary/aromatic N) is 2. The van der Waals surface area contributed by atoms with Crippen molar-refractivity contribution in [1.29, 1.82) is 0 Å². The van der Waals surface area contributed by atoms with Gasteiger partial charge in [-0.1, -0.05) is 75.1 Å². The average molecular weight is 489 g/mol. The number of aldehydes is 1. The second kappa shape index (κ2) is 11.3. The van der Waals surface area contributed by atoms with Gasteiger partial charge in [-0.2, -0.15) is 0 Å². The lowest BCUT2D eigenvalue weighted by molar-refractivity contribution is 0.0697. The normalized spacial score (nSPS) is 14.0. The zero-order valence-corrected chi connectivity index (χ0v) is 20.6. The zero-order chi connectivity index (χ0) is 25.7. The maximum Gasteiger partial charge on any atom is 0.336 e. The predicted molar refractivity (Wildman–Crippen MR) is 138 cm³/mol. The molecule has 1 aliphatic rings. The summed E-state index contributed by atoms with van der Waals surface area (Å²) in [5, 5.41) is 9.50. The number of carboxylic acid groups (broad SMARTS) is 1. The standard InChI is InChI=1S/C29H32N2O5/c1-2-3-13-25-26(19-32)31(27(33)22-9-5-4-6-10-22)29(36)30(25)18-20-14-16-21(17-15-20)23-11-7-8-12-24(23)28(34)35/h7-8,11-12,14-17,19,22H,2-6,9-10,13,18H2,1H3,(H,34,35). The quantitative estimate of drug-likeness (QED) is 0.405. The first-order valence-electron chi connectivity index (χ1n) is 12.7. The van der Waals surface area contributed by atoms with Crippen molar-refractivity contribution < 1.29 is 19.5 Å². The fourth-order valence-electron chi connectivity index (χ4n) is 5.14. The third kappa shape index (κ3) is 5.10. The maximum atomic E-state index is 13.5. The largest absolute Gasteiger partial charge is 0.478 e. The number of aromatic carboxylic acids is 1. The first-order chi connectivity index (χ1) is 17.5. The van der Waals surface area contributed by atoms with Crippen LogP contribution in [-0.4, -0.2) is 32.4 Å². The van der Waals surface area contributed by atoms with Gasteiger partial charge >= 0.3 is 11.7 Å². The van der Waals surface area contributed by atoms with Gasteiger partial charge in [0.2, 0.25) is 5.91 Å². The SMILES string of the molecule is CCCCc1c(C=O)n(C(=O)C2CCCCC2)c(=O)n1Cc1ccc(-c2ccccc2C(=O)O)cc1. The number of hydrogen-bond donors (Lipinski definition) is 1. The van der Waals surface area contributed by atoms with Gasteiger partial charge in [-0.3, -0.25) is 14.2 Å². The van der Waals surface area contributed by atoms with Crippen molar-refractivity contribution in [2.75, 3.05) is 0 Å². The number of carbonyl (C=O) groups is 3. The Labute approximate surface area is 210 Å². The lowest BCUT2D eigenvalue weighted by Gasteiger charge is -2.20. The molecule has 0 atom stereocenters. The van der Waals surface area contributed by atoms with Crippen molar-refractivity contribution in [1.82, 2.24) is 9.13 Å². The highest BCUT2D eigenvalue weighted by molar-refractivity contribution is 5.96. The molecule has 1 aliphatic carbocycles. The number of aromatic nitrogens is 2. The summed E-state index contributed by atoms with van der Waals surface area (Å²) in [4.78, 5) is 50.6. The van der Waals surface area contributed by atoms with E-state index in [4.69, 9.17) is 0 Å². The topological polar surface area (TPSA) is 98.4 Å². The van der Waals surface area contributed by atoms with Crippen molar-refractivity contribution in [3.05, 3.63) is 81.5 Å². The molecule has 0 saturated heterocycles. The van der Waals surface area contributed by atoms with Gasteiger partial charge < -0.3 is 5.11 Å². The van der Waals surface area contributed by atoms with E-state index in [9.17, 15) is 24.3 Å². The Morgan fingerprint density at radius 1 is 1.03 bits per heavy atom. The van der Waals surface area contributed by atoms with Gasteiger partial charge in [0.05, 0.1) is 17.8 Å². The van der Waals surface area contributed by atoms with Gasteiger partial charge in [0.1, 0.15) is 5.69 Å². The fraction of sp³-hybridized carbons (Fsp3) is 0.379. The number of carbonyl (C=O) groups excluding carboxylic acids is 2. The minimum Gasteiger partial charge on any atom is -0.478 e. The molecule has 1 fully saturated rings. The van der Waals surface area contributed by atoms with E-state index in [0.717, 1.165) is 60.6 Å². The molecule has 0 amide bonds. The van der Waals surface area contributed by atoms with Crippen LogP contribution in [0.25, 0.3) is 11.1 Å². The van der Waals surface area contributed by atoms with E-state index in [1.807, 2.05) is 31.2 Å². The summed E-state index contributed by atoms with van der Waals surface area (Å²) in [6.45, 7) is 2.27. The highest BCUT2D eigenvalue weighted by atomic mass is 16.4. The van der Waals surface area contributed by atoms with Crippen LogP contribution in [0.15, 0.2) is 53.3 Å².